The van der Waals surface area contributed by atoms with Gasteiger partial charge in [0.15, 0.2) is 5.82 Å². The minimum absolute atomic E-state index is 0.292. The van der Waals surface area contributed by atoms with Gasteiger partial charge in [-0.05, 0) is 30.2 Å². The molecule has 27 heavy (non-hydrogen) atoms. The second kappa shape index (κ2) is 9.30. The van der Waals surface area contributed by atoms with Crippen molar-refractivity contribution in [2.45, 2.75) is 19.8 Å². The number of amides is 2. The van der Waals surface area contributed by atoms with Crippen LogP contribution in [-0.2, 0) is 6.42 Å². The Labute approximate surface area is 158 Å². The van der Waals surface area contributed by atoms with E-state index in [4.69, 9.17) is 4.74 Å². The van der Waals surface area contributed by atoms with Crippen LogP contribution >= 0.6 is 0 Å². The molecule has 0 radical (unpaired) electrons. The maximum absolute atomic E-state index is 12.1. The van der Waals surface area contributed by atoms with Crippen LogP contribution in [0.2, 0.25) is 0 Å². The zero-order valence-electron chi connectivity index (χ0n) is 15.2. The Hall–Kier alpha value is -3.46. The lowest BCUT2D eigenvalue weighted by molar-refractivity contribution is 0.252. The Kier molecular flexibility index (Phi) is 6.31. The van der Waals surface area contributed by atoms with Crippen molar-refractivity contribution in [3.05, 3.63) is 54.1 Å². The minimum atomic E-state index is -0.292. The molecular formula is C21H22N4O2. The van der Waals surface area contributed by atoms with Crippen molar-refractivity contribution in [3.63, 3.8) is 0 Å². The lowest BCUT2D eigenvalue weighted by Crippen LogP contribution is -2.30. The maximum atomic E-state index is 12.1. The van der Waals surface area contributed by atoms with Crippen molar-refractivity contribution in [3.8, 4) is 17.6 Å². The standard InChI is InChI=1S/C21H22N4O2/c1-2-3-7-14-27-17-10-11-19-18(15-17)20(25-24-19)23-21(26)22-13-12-16-8-5-4-6-9-16/h4-6,8-11,15H,2,12-14H2,1H3,(H3,22,23,24,25,26). The highest BCUT2D eigenvalue weighted by Crippen LogP contribution is 2.25. The molecule has 0 saturated carbocycles. The van der Waals surface area contributed by atoms with Gasteiger partial charge in [0.2, 0.25) is 0 Å². The number of hydrogen-bond donors (Lipinski definition) is 3. The summed E-state index contributed by atoms with van der Waals surface area (Å²) in [5.41, 5.74) is 2.00. The number of hydrogen-bond acceptors (Lipinski definition) is 3. The number of fused-ring (bicyclic) bond motifs is 1. The molecule has 0 aliphatic heterocycles. The minimum Gasteiger partial charge on any atom is -0.481 e. The summed E-state index contributed by atoms with van der Waals surface area (Å²) in [5, 5.41) is 13.5. The Morgan fingerprint density at radius 2 is 2.04 bits per heavy atom. The highest BCUT2D eigenvalue weighted by Gasteiger charge is 2.10. The highest BCUT2D eigenvalue weighted by molar-refractivity contribution is 5.99. The number of ether oxygens (including phenoxy) is 1. The van der Waals surface area contributed by atoms with E-state index in [9.17, 15) is 4.79 Å². The van der Waals surface area contributed by atoms with Crippen molar-refractivity contribution in [1.82, 2.24) is 15.5 Å². The van der Waals surface area contributed by atoms with Gasteiger partial charge >= 0.3 is 6.03 Å². The summed E-state index contributed by atoms with van der Waals surface area (Å²) in [7, 11) is 0. The van der Waals surface area contributed by atoms with E-state index in [1.165, 1.54) is 5.56 Å². The lowest BCUT2D eigenvalue weighted by Gasteiger charge is -2.07. The van der Waals surface area contributed by atoms with Gasteiger partial charge in [0.1, 0.15) is 12.4 Å². The largest absolute Gasteiger partial charge is 0.481 e. The number of carbonyl (C=O) groups is 1. The lowest BCUT2D eigenvalue weighted by atomic mass is 10.1. The van der Waals surface area contributed by atoms with Crippen LogP contribution < -0.4 is 15.4 Å². The molecule has 6 nitrogen and oxygen atoms in total. The van der Waals surface area contributed by atoms with E-state index in [1.807, 2.05) is 55.5 Å². The number of benzene rings is 2. The van der Waals surface area contributed by atoms with Crippen LogP contribution in [0, 0.1) is 11.8 Å². The molecule has 0 atom stereocenters. The molecule has 0 saturated heterocycles. The van der Waals surface area contributed by atoms with E-state index in [0.29, 0.717) is 24.7 Å². The third-order valence-electron chi connectivity index (χ3n) is 3.92. The second-order valence-electron chi connectivity index (χ2n) is 5.89. The molecule has 1 aromatic heterocycles. The monoisotopic (exact) mass is 362 g/mol. The average Bonchev–Trinajstić information content (AvgIpc) is 3.08. The number of H-pyrrole nitrogens is 1. The van der Waals surface area contributed by atoms with Crippen LogP contribution in [0.15, 0.2) is 48.5 Å². The first-order chi connectivity index (χ1) is 13.3. The topological polar surface area (TPSA) is 79.0 Å². The molecule has 0 fully saturated rings. The average molecular weight is 362 g/mol. The van der Waals surface area contributed by atoms with E-state index in [0.717, 1.165) is 23.7 Å². The summed E-state index contributed by atoms with van der Waals surface area (Å²) < 4.78 is 5.62. The molecule has 3 rings (SSSR count). The van der Waals surface area contributed by atoms with E-state index in [-0.39, 0.29) is 6.03 Å². The third kappa shape index (κ3) is 5.25. The van der Waals surface area contributed by atoms with Crippen molar-refractivity contribution < 1.29 is 9.53 Å². The van der Waals surface area contributed by atoms with E-state index < -0.39 is 0 Å². The quantitative estimate of drug-likeness (QED) is 0.585. The molecule has 0 unspecified atom stereocenters. The predicted octanol–water partition coefficient (Wildman–Crippen LogP) is 3.72. The molecule has 2 amide bonds. The van der Waals surface area contributed by atoms with Crippen LogP contribution in [-0.4, -0.2) is 29.4 Å². The Balaban J connectivity index is 1.57. The molecule has 0 bridgehead atoms. The van der Waals surface area contributed by atoms with Gasteiger partial charge in [0.25, 0.3) is 0 Å². The fourth-order valence-electron chi connectivity index (χ4n) is 2.59. The fourth-order valence-corrected chi connectivity index (χ4v) is 2.59. The Morgan fingerprint density at radius 1 is 1.19 bits per heavy atom. The van der Waals surface area contributed by atoms with E-state index in [1.54, 1.807) is 0 Å². The summed E-state index contributed by atoms with van der Waals surface area (Å²) in [6, 6.07) is 15.3. The number of nitrogens with zero attached hydrogens (tertiary/aromatic N) is 1. The molecular weight excluding hydrogens is 340 g/mol. The van der Waals surface area contributed by atoms with Gasteiger partial charge in [-0.25, -0.2) is 4.79 Å². The van der Waals surface area contributed by atoms with Crippen molar-refractivity contribution in [2.75, 3.05) is 18.5 Å². The van der Waals surface area contributed by atoms with Crippen LogP contribution in [0.4, 0.5) is 10.6 Å². The summed E-state index contributed by atoms with van der Waals surface area (Å²) in [5.74, 6) is 7.04. The molecule has 6 heteroatoms. The van der Waals surface area contributed by atoms with Crippen molar-refractivity contribution in [2.24, 2.45) is 0 Å². The first-order valence-corrected chi connectivity index (χ1v) is 8.91. The number of anilines is 1. The highest BCUT2D eigenvalue weighted by atomic mass is 16.5. The Bertz CT molecular complexity index is 954. The SMILES string of the molecule is CCC#CCOc1ccc2[nH]nc(NC(=O)NCCc3ccccc3)c2c1. The summed E-state index contributed by atoms with van der Waals surface area (Å²) in [6.45, 7) is 2.87. The number of aromatic amines is 1. The first kappa shape index (κ1) is 18.3. The van der Waals surface area contributed by atoms with Gasteiger partial charge in [0, 0.05) is 18.4 Å². The molecule has 1 heterocycles. The van der Waals surface area contributed by atoms with E-state index >= 15 is 0 Å². The molecule has 138 valence electrons. The third-order valence-corrected chi connectivity index (χ3v) is 3.92. The molecule has 0 aliphatic carbocycles. The van der Waals surface area contributed by atoms with Crippen molar-refractivity contribution >= 4 is 22.8 Å². The van der Waals surface area contributed by atoms with Crippen molar-refractivity contribution in [1.29, 1.82) is 0 Å². The van der Waals surface area contributed by atoms with Crippen LogP contribution in [0.25, 0.3) is 10.9 Å². The van der Waals surface area contributed by atoms with Gasteiger partial charge < -0.3 is 10.1 Å². The molecule has 3 N–H and O–H groups in total. The molecule has 0 spiro atoms. The summed E-state index contributed by atoms with van der Waals surface area (Å²) in [6.07, 6.45) is 1.57. The van der Waals surface area contributed by atoms with E-state index in [2.05, 4.69) is 32.7 Å². The summed E-state index contributed by atoms with van der Waals surface area (Å²) in [4.78, 5) is 12.1. The Morgan fingerprint density at radius 3 is 2.85 bits per heavy atom. The van der Waals surface area contributed by atoms with Gasteiger partial charge in [-0.2, -0.15) is 5.10 Å². The van der Waals surface area contributed by atoms with Gasteiger partial charge in [0.05, 0.1) is 5.52 Å². The zero-order valence-corrected chi connectivity index (χ0v) is 15.2. The molecule has 2 aromatic carbocycles. The number of carbonyl (C=O) groups excluding carboxylic acids is 1. The van der Waals surface area contributed by atoms with Crippen LogP contribution in [0.5, 0.6) is 5.75 Å². The number of urea groups is 1. The number of aromatic nitrogens is 2. The zero-order chi connectivity index (χ0) is 18.9. The van der Waals surface area contributed by atoms with Crippen LogP contribution in [0.3, 0.4) is 0 Å². The normalized spacial score (nSPS) is 10.1. The van der Waals surface area contributed by atoms with Gasteiger partial charge in [-0.3, -0.25) is 10.4 Å². The second-order valence-corrected chi connectivity index (χ2v) is 5.89. The maximum Gasteiger partial charge on any atom is 0.320 e. The predicted molar refractivity (Wildman–Crippen MR) is 107 cm³/mol. The van der Waals surface area contributed by atoms with Gasteiger partial charge in [-0.15, -0.1) is 5.92 Å². The first-order valence-electron chi connectivity index (χ1n) is 8.91. The molecule has 3 aromatic rings. The number of rotatable bonds is 6. The fraction of sp³-hybridized carbons (Fsp3) is 0.238. The smallest absolute Gasteiger partial charge is 0.320 e. The molecule has 0 aliphatic rings. The van der Waals surface area contributed by atoms with Crippen LogP contribution in [0.1, 0.15) is 18.9 Å². The number of nitrogens with one attached hydrogen (secondary N) is 3. The van der Waals surface area contributed by atoms with Gasteiger partial charge in [-0.1, -0.05) is 43.2 Å². The summed E-state index contributed by atoms with van der Waals surface area (Å²) >= 11 is 0.